The highest BCUT2D eigenvalue weighted by Gasteiger charge is 2.37. The summed E-state index contributed by atoms with van der Waals surface area (Å²) in [5.41, 5.74) is 3.05. The van der Waals surface area contributed by atoms with E-state index >= 15 is 0 Å². The van der Waals surface area contributed by atoms with Crippen LogP contribution in [0.5, 0.6) is 5.88 Å². The molecule has 0 spiro atoms. The van der Waals surface area contributed by atoms with Crippen LogP contribution in [0.2, 0.25) is 0 Å². The molecule has 1 aliphatic heterocycles. The van der Waals surface area contributed by atoms with Gasteiger partial charge >= 0.3 is 0 Å². The van der Waals surface area contributed by atoms with E-state index in [1.54, 1.807) is 29.9 Å². The second-order valence-corrected chi connectivity index (χ2v) is 8.25. The molecule has 2 aromatic heterocycles. The van der Waals surface area contributed by atoms with Crippen molar-refractivity contribution in [1.29, 1.82) is 0 Å². The van der Waals surface area contributed by atoms with E-state index < -0.39 is 11.6 Å². The molecule has 2 aromatic carbocycles. The van der Waals surface area contributed by atoms with Crippen LogP contribution in [0.15, 0.2) is 59.3 Å². The van der Waals surface area contributed by atoms with E-state index in [9.17, 15) is 13.6 Å². The fourth-order valence-electron chi connectivity index (χ4n) is 4.63. The Labute approximate surface area is 194 Å². The SMILES string of the molecule is COc1c(C2CN(C(=O)c3cc(-c4ccc(F)cc4F)on3)C(C)c3ccccc32)cnn1C. The first kappa shape index (κ1) is 21.8. The largest absolute Gasteiger partial charge is 0.481 e. The van der Waals surface area contributed by atoms with Crippen molar-refractivity contribution in [2.24, 2.45) is 7.05 Å². The molecule has 0 fully saturated rings. The van der Waals surface area contributed by atoms with E-state index in [-0.39, 0.29) is 34.9 Å². The average molecular weight is 464 g/mol. The molecule has 3 heterocycles. The van der Waals surface area contributed by atoms with E-state index in [0.717, 1.165) is 28.8 Å². The second-order valence-electron chi connectivity index (χ2n) is 8.25. The van der Waals surface area contributed by atoms with Gasteiger partial charge in [0.05, 0.1) is 24.9 Å². The third-order valence-corrected chi connectivity index (χ3v) is 6.33. The van der Waals surface area contributed by atoms with Gasteiger partial charge in [0.1, 0.15) is 11.6 Å². The second kappa shape index (κ2) is 8.40. The molecule has 174 valence electrons. The van der Waals surface area contributed by atoms with Gasteiger partial charge in [-0.25, -0.2) is 13.5 Å². The Balaban J connectivity index is 1.52. The molecule has 2 unspecified atom stereocenters. The predicted octanol–water partition coefficient (Wildman–Crippen LogP) is 4.71. The Hall–Kier alpha value is -4.01. The molecular weight excluding hydrogens is 442 g/mol. The maximum Gasteiger partial charge on any atom is 0.276 e. The Morgan fingerprint density at radius 2 is 1.88 bits per heavy atom. The summed E-state index contributed by atoms with van der Waals surface area (Å²) in [6.45, 7) is 2.32. The number of carbonyl (C=O) groups excluding carboxylic acids is 1. The first-order chi connectivity index (χ1) is 16.4. The van der Waals surface area contributed by atoms with Crippen molar-refractivity contribution in [1.82, 2.24) is 19.8 Å². The fraction of sp³-hybridized carbons (Fsp3) is 0.240. The van der Waals surface area contributed by atoms with Crippen LogP contribution in [-0.4, -0.2) is 39.4 Å². The number of hydrogen-bond donors (Lipinski definition) is 0. The van der Waals surface area contributed by atoms with Gasteiger partial charge in [-0.3, -0.25) is 4.79 Å². The molecular formula is C25H22F2N4O3. The molecule has 0 aliphatic carbocycles. The molecule has 4 aromatic rings. The molecule has 0 saturated carbocycles. The van der Waals surface area contributed by atoms with Gasteiger partial charge in [0.25, 0.3) is 5.91 Å². The highest BCUT2D eigenvalue weighted by Crippen LogP contribution is 2.42. The maximum absolute atomic E-state index is 14.2. The number of aryl methyl sites for hydroxylation is 1. The molecule has 1 amide bonds. The first-order valence-electron chi connectivity index (χ1n) is 10.8. The molecule has 0 bridgehead atoms. The van der Waals surface area contributed by atoms with Crippen LogP contribution >= 0.6 is 0 Å². The number of nitrogens with zero attached hydrogens (tertiary/aromatic N) is 4. The zero-order valence-corrected chi connectivity index (χ0v) is 18.8. The van der Waals surface area contributed by atoms with Gasteiger partial charge in [-0.15, -0.1) is 0 Å². The Morgan fingerprint density at radius 3 is 2.62 bits per heavy atom. The average Bonchev–Trinajstić information content (AvgIpc) is 3.46. The van der Waals surface area contributed by atoms with Gasteiger partial charge in [-0.05, 0) is 30.2 Å². The standard InChI is InChI=1S/C25H22F2N4O3/c1-14-16-6-4-5-7-17(16)20(19-12-28-30(2)25(19)33-3)13-31(14)24(32)22-11-23(34-29-22)18-9-8-15(26)10-21(18)27/h4-12,14,20H,13H2,1-3H3. The van der Waals surface area contributed by atoms with E-state index in [1.165, 1.54) is 12.1 Å². The van der Waals surface area contributed by atoms with Crippen molar-refractivity contribution in [2.75, 3.05) is 13.7 Å². The predicted molar refractivity (Wildman–Crippen MR) is 119 cm³/mol. The first-order valence-corrected chi connectivity index (χ1v) is 10.8. The highest BCUT2D eigenvalue weighted by atomic mass is 19.1. The highest BCUT2D eigenvalue weighted by molar-refractivity contribution is 5.93. The van der Waals surface area contributed by atoms with Gasteiger partial charge < -0.3 is 14.2 Å². The summed E-state index contributed by atoms with van der Waals surface area (Å²) in [6.07, 6.45) is 1.75. The zero-order valence-electron chi connectivity index (χ0n) is 18.8. The Bertz CT molecular complexity index is 1380. The summed E-state index contributed by atoms with van der Waals surface area (Å²) in [7, 11) is 3.39. The minimum absolute atomic E-state index is 0.0305. The molecule has 0 N–H and O–H groups in total. The van der Waals surface area contributed by atoms with Crippen molar-refractivity contribution in [3.05, 3.63) is 88.7 Å². The number of hydrogen-bond acceptors (Lipinski definition) is 5. The molecule has 0 saturated heterocycles. The third-order valence-electron chi connectivity index (χ3n) is 6.33. The van der Waals surface area contributed by atoms with Gasteiger partial charge in [-0.1, -0.05) is 29.4 Å². The number of ether oxygens (including phenoxy) is 1. The molecule has 5 rings (SSSR count). The molecule has 34 heavy (non-hydrogen) atoms. The van der Waals surface area contributed by atoms with Crippen molar-refractivity contribution < 1.29 is 22.8 Å². The van der Waals surface area contributed by atoms with Crippen molar-refractivity contribution in [2.45, 2.75) is 18.9 Å². The van der Waals surface area contributed by atoms with Crippen LogP contribution in [0, 0.1) is 11.6 Å². The van der Waals surface area contributed by atoms with E-state index in [4.69, 9.17) is 9.26 Å². The topological polar surface area (TPSA) is 73.4 Å². The Morgan fingerprint density at radius 1 is 1.12 bits per heavy atom. The number of rotatable bonds is 4. The lowest BCUT2D eigenvalue weighted by atomic mass is 9.82. The normalized spacial score (nSPS) is 17.5. The monoisotopic (exact) mass is 464 g/mol. The number of methoxy groups -OCH3 is 1. The summed E-state index contributed by atoms with van der Waals surface area (Å²) in [5.74, 6) is -1.34. The zero-order chi connectivity index (χ0) is 24.0. The number of carbonyl (C=O) groups is 1. The third kappa shape index (κ3) is 3.53. The Kier molecular flexibility index (Phi) is 5.39. The van der Waals surface area contributed by atoms with Crippen LogP contribution in [0.3, 0.4) is 0 Å². The van der Waals surface area contributed by atoms with E-state index in [0.29, 0.717) is 12.4 Å². The molecule has 0 radical (unpaired) electrons. The van der Waals surface area contributed by atoms with Crippen molar-refractivity contribution in [3.8, 4) is 17.2 Å². The van der Waals surface area contributed by atoms with Crippen LogP contribution in [0.4, 0.5) is 8.78 Å². The fourth-order valence-corrected chi connectivity index (χ4v) is 4.63. The molecule has 1 aliphatic rings. The van der Waals surface area contributed by atoms with Crippen molar-refractivity contribution >= 4 is 5.91 Å². The van der Waals surface area contributed by atoms with E-state index in [2.05, 4.69) is 16.3 Å². The number of benzene rings is 2. The van der Waals surface area contributed by atoms with Crippen LogP contribution < -0.4 is 4.74 Å². The number of halogens is 2. The number of amides is 1. The number of aromatic nitrogens is 3. The number of fused-ring (bicyclic) bond motifs is 1. The van der Waals surface area contributed by atoms with Crippen LogP contribution in [0.1, 0.15) is 46.1 Å². The van der Waals surface area contributed by atoms with Crippen molar-refractivity contribution in [3.63, 3.8) is 0 Å². The van der Waals surface area contributed by atoms with E-state index in [1.807, 2.05) is 25.1 Å². The minimum atomic E-state index is -0.792. The quantitative estimate of drug-likeness (QED) is 0.437. The summed E-state index contributed by atoms with van der Waals surface area (Å²) >= 11 is 0. The summed E-state index contributed by atoms with van der Waals surface area (Å²) in [6, 6.07) is 12.2. The lowest BCUT2D eigenvalue weighted by molar-refractivity contribution is 0.0654. The summed E-state index contributed by atoms with van der Waals surface area (Å²) in [4.78, 5) is 15.2. The lowest BCUT2D eigenvalue weighted by Gasteiger charge is -2.39. The van der Waals surface area contributed by atoms with Gasteiger partial charge in [0.15, 0.2) is 11.5 Å². The molecule has 2 atom stereocenters. The molecule has 9 heteroatoms. The minimum Gasteiger partial charge on any atom is -0.481 e. The van der Waals surface area contributed by atoms with Gasteiger partial charge in [0.2, 0.25) is 5.88 Å². The molecule has 7 nitrogen and oxygen atoms in total. The summed E-state index contributed by atoms with van der Waals surface area (Å²) in [5, 5.41) is 8.22. The van der Waals surface area contributed by atoms with Gasteiger partial charge in [-0.2, -0.15) is 5.10 Å². The van der Waals surface area contributed by atoms with Crippen LogP contribution in [0.25, 0.3) is 11.3 Å². The maximum atomic E-state index is 14.2. The van der Waals surface area contributed by atoms with Gasteiger partial charge in [0, 0.05) is 37.2 Å². The van der Waals surface area contributed by atoms with Crippen LogP contribution in [-0.2, 0) is 7.05 Å². The summed E-state index contributed by atoms with van der Waals surface area (Å²) < 4.78 is 39.9. The lowest BCUT2D eigenvalue weighted by Crippen LogP contribution is -2.41. The smallest absolute Gasteiger partial charge is 0.276 e.